The molecular weight excluding hydrogens is 370 g/mol. The number of rotatable bonds is 5. The van der Waals surface area contributed by atoms with Crippen molar-refractivity contribution in [2.24, 2.45) is 5.92 Å². The molecule has 2 fully saturated rings. The van der Waals surface area contributed by atoms with E-state index in [-0.39, 0.29) is 0 Å². The lowest BCUT2D eigenvalue weighted by Gasteiger charge is -2.48. The molecule has 3 heteroatoms. The minimum atomic E-state index is 0.553. The van der Waals surface area contributed by atoms with Gasteiger partial charge in [-0.1, -0.05) is 31.0 Å². The normalized spacial score (nSPS) is 28.6. The zero-order valence-electron chi connectivity index (χ0n) is 18.5. The molecule has 1 saturated carbocycles. The fourth-order valence-electron chi connectivity index (χ4n) is 6.57. The van der Waals surface area contributed by atoms with E-state index in [1.165, 1.54) is 63.7 Å². The molecule has 30 heavy (non-hydrogen) atoms. The predicted octanol–water partition coefficient (Wildman–Crippen LogP) is 5.95. The van der Waals surface area contributed by atoms with Crippen LogP contribution in [-0.2, 0) is 0 Å². The van der Waals surface area contributed by atoms with E-state index in [9.17, 15) is 0 Å². The lowest BCUT2D eigenvalue weighted by atomic mass is 9.57. The van der Waals surface area contributed by atoms with Crippen LogP contribution in [0.15, 0.2) is 42.5 Å². The van der Waals surface area contributed by atoms with Crippen molar-refractivity contribution in [2.45, 2.75) is 56.3 Å². The molecule has 5 rings (SSSR count). The van der Waals surface area contributed by atoms with Crippen molar-refractivity contribution in [3.63, 3.8) is 0 Å². The van der Waals surface area contributed by atoms with Crippen LogP contribution in [0.2, 0.25) is 0 Å². The van der Waals surface area contributed by atoms with Crippen LogP contribution < -0.4 is 9.47 Å². The molecule has 4 atom stereocenters. The third-order valence-electron chi connectivity index (χ3n) is 7.96. The van der Waals surface area contributed by atoms with Crippen molar-refractivity contribution in [2.75, 3.05) is 33.9 Å². The summed E-state index contributed by atoms with van der Waals surface area (Å²) in [6.45, 7) is 3.69. The average molecular weight is 406 g/mol. The van der Waals surface area contributed by atoms with Gasteiger partial charge in [-0.3, -0.25) is 0 Å². The molecule has 1 heterocycles. The summed E-state index contributed by atoms with van der Waals surface area (Å²) >= 11 is 0. The van der Waals surface area contributed by atoms with Crippen molar-refractivity contribution in [3.05, 3.63) is 59.2 Å². The van der Waals surface area contributed by atoms with Crippen LogP contribution in [0.25, 0.3) is 0 Å². The molecule has 0 bridgehead atoms. The number of ether oxygens (including phenoxy) is 2. The van der Waals surface area contributed by atoms with Crippen molar-refractivity contribution in [1.29, 1.82) is 0 Å². The van der Waals surface area contributed by atoms with Gasteiger partial charge in [0, 0.05) is 12.5 Å². The fourth-order valence-corrected chi connectivity index (χ4v) is 6.57. The zero-order valence-corrected chi connectivity index (χ0v) is 18.5. The molecule has 3 aliphatic rings. The van der Waals surface area contributed by atoms with E-state index in [2.05, 4.69) is 47.4 Å². The minimum Gasteiger partial charge on any atom is -0.497 e. The van der Waals surface area contributed by atoms with Crippen molar-refractivity contribution in [1.82, 2.24) is 4.90 Å². The van der Waals surface area contributed by atoms with Gasteiger partial charge in [0.1, 0.15) is 11.5 Å². The van der Waals surface area contributed by atoms with E-state index in [0.717, 1.165) is 17.4 Å². The Labute approximate surface area is 181 Å². The van der Waals surface area contributed by atoms with Gasteiger partial charge in [-0.25, -0.2) is 0 Å². The molecule has 0 aromatic heterocycles. The number of nitrogens with zero attached hydrogens (tertiary/aromatic N) is 1. The van der Waals surface area contributed by atoms with Crippen LogP contribution in [-0.4, -0.2) is 38.8 Å². The molecule has 2 aliphatic carbocycles. The quantitative estimate of drug-likeness (QED) is 0.613. The molecule has 160 valence electrons. The lowest BCUT2D eigenvalue weighted by molar-refractivity contribution is 0.189. The van der Waals surface area contributed by atoms with Crippen LogP contribution in [0.1, 0.15) is 73.0 Å². The highest BCUT2D eigenvalue weighted by atomic mass is 16.5. The van der Waals surface area contributed by atoms with E-state index >= 15 is 0 Å². The van der Waals surface area contributed by atoms with Gasteiger partial charge in [0.05, 0.1) is 14.2 Å². The molecule has 1 saturated heterocycles. The van der Waals surface area contributed by atoms with E-state index in [4.69, 9.17) is 9.47 Å². The summed E-state index contributed by atoms with van der Waals surface area (Å²) in [6, 6.07) is 15.9. The summed E-state index contributed by atoms with van der Waals surface area (Å²) in [5.74, 6) is 4.49. The van der Waals surface area contributed by atoms with E-state index in [0.29, 0.717) is 17.8 Å². The minimum absolute atomic E-state index is 0.553. The third kappa shape index (κ3) is 3.62. The Balaban J connectivity index is 1.60. The maximum absolute atomic E-state index is 5.64. The van der Waals surface area contributed by atoms with Crippen LogP contribution >= 0.6 is 0 Å². The highest BCUT2D eigenvalue weighted by Crippen LogP contribution is 2.57. The Bertz CT molecular complexity index is 856. The first kappa shape index (κ1) is 19.9. The van der Waals surface area contributed by atoms with Gasteiger partial charge >= 0.3 is 0 Å². The van der Waals surface area contributed by atoms with Crippen LogP contribution in [0.5, 0.6) is 11.5 Å². The van der Waals surface area contributed by atoms with Gasteiger partial charge in [-0.2, -0.15) is 0 Å². The standard InChI is InChI=1S/C27H35NO2/c1-29-20-11-9-19(10-12-20)27-24-8-4-3-7-22(24)25-17-21(30-2)13-14-23(25)26(27)18-28-15-5-6-16-28/h9-14,17,22,24,26-27H,3-8,15-16,18H2,1-2H3/t22-,24+,26+,27+/m1/s1. The average Bonchev–Trinajstić information content (AvgIpc) is 3.32. The van der Waals surface area contributed by atoms with Crippen molar-refractivity contribution >= 4 is 0 Å². The maximum atomic E-state index is 5.64. The molecule has 0 spiro atoms. The van der Waals surface area contributed by atoms with Gasteiger partial charge in [-0.05, 0) is 97.5 Å². The molecule has 0 radical (unpaired) electrons. The van der Waals surface area contributed by atoms with Crippen LogP contribution in [0.3, 0.4) is 0 Å². The van der Waals surface area contributed by atoms with Gasteiger partial charge in [0.2, 0.25) is 0 Å². The molecule has 3 nitrogen and oxygen atoms in total. The first-order valence-electron chi connectivity index (χ1n) is 11.8. The number of hydrogen-bond donors (Lipinski definition) is 0. The van der Waals surface area contributed by atoms with E-state index in [1.807, 2.05) is 0 Å². The summed E-state index contributed by atoms with van der Waals surface area (Å²) in [6.07, 6.45) is 8.07. The second-order valence-corrected chi connectivity index (χ2v) is 9.46. The molecule has 2 aromatic rings. The highest BCUT2D eigenvalue weighted by Gasteiger charge is 2.44. The Morgan fingerprint density at radius 3 is 2.23 bits per heavy atom. The molecule has 0 amide bonds. The summed E-state index contributed by atoms with van der Waals surface area (Å²) in [7, 11) is 3.55. The monoisotopic (exact) mass is 405 g/mol. The topological polar surface area (TPSA) is 21.7 Å². The number of fused-ring (bicyclic) bond motifs is 3. The number of methoxy groups -OCH3 is 2. The highest BCUT2D eigenvalue weighted by molar-refractivity contribution is 5.46. The summed E-state index contributed by atoms with van der Waals surface area (Å²) < 4.78 is 11.1. The largest absolute Gasteiger partial charge is 0.497 e. The fraction of sp³-hybridized carbons (Fsp3) is 0.556. The Morgan fingerprint density at radius 2 is 1.50 bits per heavy atom. The van der Waals surface area contributed by atoms with Crippen molar-refractivity contribution < 1.29 is 9.47 Å². The van der Waals surface area contributed by atoms with Gasteiger partial charge in [0.15, 0.2) is 0 Å². The summed E-state index contributed by atoms with van der Waals surface area (Å²) in [5.41, 5.74) is 4.65. The van der Waals surface area contributed by atoms with Crippen molar-refractivity contribution in [3.8, 4) is 11.5 Å². The van der Waals surface area contributed by atoms with Gasteiger partial charge < -0.3 is 14.4 Å². The predicted molar refractivity (Wildman–Crippen MR) is 122 cm³/mol. The van der Waals surface area contributed by atoms with Crippen LogP contribution in [0, 0.1) is 5.92 Å². The number of hydrogen-bond acceptors (Lipinski definition) is 3. The molecule has 1 aliphatic heterocycles. The Morgan fingerprint density at radius 1 is 0.800 bits per heavy atom. The first-order chi connectivity index (χ1) is 14.8. The van der Waals surface area contributed by atoms with Gasteiger partial charge in [-0.15, -0.1) is 0 Å². The molecule has 2 aromatic carbocycles. The Hall–Kier alpha value is -2.00. The lowest BCUT2D eigenvalue weighted by Crippen LogP contribution is -2.38. The summed E-state index contributed by atoms with van der Waals surface area (Å²) in [4.78, 5) is 2.71. The van der Waals surface area contributed by atoms with E-state index in [1.54, 1.807) is 25.3 Å². The first-order valence-corrected chi connectivity index (χ1v) is 11.8. The third-order valence-corrected chi connectivity index (χ3v) is 7.96. The number of benzene rings is 2. The smallest absolute Gasteiger partial charge is 0.119 e. The van der Waals surface area contributed by atoms with E-state index < -0.39 is 0 Å². The second-order valence-electron chi connectivity index (χ2n) is 9.46. The molecular formula is C27H35NO2. The maximum Gasteiger partial charge on any atom is 0.119 e. The molecule has 0 unspecified atom stereocenters. The molecule has 0 N–H and O–H groups in total. The second kappa shape index (κ2) is 8.63. The van der Waals surface area contributed by atoms with Gasteiger partial charge in [0.25, 0.3) is 0 Å². The Kier molecular flexibility index (Phi) is 5.73. The van der Waals surface area contributed by atoms with Crippen LogP contribution in [0.4, 0.5) is 0 Å². The zero-order chi connectivity index (χ0) is 20.5. The summed E-state index contributed by atoms with van der Waals surface area (Å²) in [5, 5.41) is 0. The SMILES string of the molecule is COc1ccc([C@H]2[C@H]3CCCC[C@H]3c3cc(OC)ccc3[C@@H]2CN2CCCC2)cc1. The number of likely N-dealkylation sites (tertiary alicyclic amines) is 1.